The van der Waals surface area contributed by atoms with E-state index in [9.17, 15) is 14.3 Å². The van der Waals surface area contributed by atoms with E-state index in [-0.39, 0.29) is 17.9 Å². The lowest BCUT2D eigenvalue weighted by molar-refractivity contribution is 0.106. The summed E-state index contributed by atoms with van der Waals surface area (Å²) in [4.78, 5) is 10.7. The van der Waals surface area contributed by atoms with Crippen molar-refractivity contribution in [3.8, 4) is 11.5 Å². The molecular weight excluding hydrogens is 287 g/mol. The minimum absolute atomic E-state index is 0.00303. The first-order valence-electron chi connectivity index (χ1n) is 6.93. The molecule has 0 aromatic heterocycles. The Bertz CT molecular complexity index is 614. The molecule has 0 atom stereocenters. The lowest BCUT2D eigenvalue weighted by Gasteiger charge is -2.10. The smallest absolute Gasteiger partial charge is 0.197 e. The SMILES string of the molecule is O=Cc1ccc(F)c(OCCCOCc2ccccc2)c1O. The van der Waals surface area contributed by atoms with Gasteiger partial charge >= 0.3 is 0 Å². The zero-order valence-corrected chi connectivity index (χ0v) is 12.0. The third kappa shape index (κ3) is 4.30. The Labute approximate surface area is 128 Å². The number of phenols is 1. The summed E-state index contributed by atoms with van der Waals surface area (Å²) in [5, 5.41) is 9.69. The number of ether oxygens (including phenoxy) is 2. The number of carbonyl (C=O) groups excluding carboxylic acids is 1. The van der Waals surface area contributed by atoms with Crippen LogP contribution in [-0.2, 0) is 11.3 Å². The highest BCUT2D eigenvalue weighted by molar-refractivity contribution is 5.80. The second kappa shape index (κ2) is 8.14. The molecule has 116 valence electrons. The highest BCUT2D eigenvalue weighted by Gasteiger charge is 2.13. The molecule has 0 aliphatic rings. The van der Waals surface area contributed by atoms with Crippen molar-refractivity contribution in [2.24, 2.45) is 0 Å². The van der Waals surface area contributed by atoms with Gasteiger partial charge in [-0.1, -0.05) is 30.3 Å². The molecule has 0 aliphatic carbocycles. The average molecular weight is 304 g/mol. The number of phenolic OH excluding ortho intramolecular Hbond substituents is 1. The van der Waals surface area contributed by atoms with Crippen LogP contribution in [0.4, 0.5) is 4.39 Å². The van der Waals surface area contributed by atoms with E-state index < -0.39 is 11.6 Å². The van der Waals surface area contributed by atoms with Gasteiger partial charge in [0.05, 0.1) is 25.4 Å². The maximum absolute atomic E-state index is 13.5. The van der Waals surface area contributed by atoms with Crippen molar-refractivity contribution in [3.05, 3.63) is 59.4 Å². The maximum atomic E-state index is 13.5. The fourth-order valence-corrected chi connectivity index (χ4v) is 1.89. The fourth-order valence-electron chi connectivity index (χ4n) is 1.89. The van der Waals surface area contributed by atoms with Crippen LogP contribution in [0.25, 0.3) is 0 Å². The van der Waals surface area contributed by atoms with Gasteiger partial charge in [-0.3, -0.25) is 4.79 Å². The molecular formula is C17H17FO4. The minimum Gasteiger partial charge on any atom is -0.504 e. The average Bonchev–Trinajstić information content (AvgIpc) is 2.54. The molecule has 0 spiro atoms. The Morgan fingerprint density at radius 2 is 1.86 bits per heavy atom. The molecule has 2 aromatic rings. The molecule has 0 saturated heterocycles. The van der Waals surface area contributed by atoms with Crippen LogP contribution >= 0.6 is 0 Å². The molecule has 5 heteroatoms. The van der Waals surface area contributed by atoms with E-state index in [1.54, 1.807) is 0 Å². The first-order valence-corrected chi connectivity index (χ1v) is 6.93. The van der Waals surface area contributed by atoms with E-state index in [0.29, 0.717) is 25.9 Å². The largest absolute Gasteiger partial charge is 0.504 e. The molecule has 4 nitrogen and oxygen atoms in total. The normalized spacial score (nSPS) is 10.4. The van der Waals surface area contributed by atoms with Crippen LogP contribution in [0.1, 0.15) is 22.3 Å². The summed E-state index contributed by atoms with van der Waals surface area (Å²) < 4.78 is 24.2. The maximum Gasteiger partial charge on any atom is 0.197 e. The highest BCUT2D eigenvalue weighted by Crippen LogP contribution is 2.32. The zero-order valence-electron chi connectivity index (χ0n) is 12.0. The van der Waals surface area contributed by atoms with Crippen molar-refractivity contribution >= 4 is 6.29 Å². The van der Waals surface area contributed by atoms with Crippen molar-refractivity contribution < 1.29 is 23.8 Å². The number of aldehydes is 1. The Morgan fingerprint density at radius 3 is 2.59 bits per heavy atom. The predicted molar refractivity (Wildman–Crippen MR) is 79.7 cm³/mol. The number of carbonyl (C=O) groups is 1. The van der Waals surface area contributed by atoms with Crippen LogP contribution in [0.3, 0.4) is 0 Å². The number of rotatable bonds is 8. The van der Waals surface area contributed by atoms with Gasteiger partial charge in [-0.2, -0.15) is 0 Å². The number of hydrogen-bond donors (Lipinski definition) is 1. The Balaban J connectivity index is 1.74. The van der Waals surface area contributed by atoms with E-state index in [0.717, 1.165) is 11.6 Å². The Morgan fingerprint density at radius 1 is 1.09 bits per heavy atom. The summed E-state index contributed by atoms with van der Waals surface area (Å²) in [6.07, 6.45) is 0.988. The third-order valence-electron chi connectivity index (χ3n) is 3.03. The summed E-state index contributed by atoms with van der Waals surface area (Å²) >= 11 is 0. The molecule has 0 heterocycles. The molecule has 22 heavy (non-hydrogen) atoms. The molecule has 0 unspecified atom stereocenters. The molecule has 0 saturated carbocycles. The lowest BCUT2D eigenvalue weighted by Crippen LogP contribution is -2.05. The molecule has 1 N–H and O–H groups in total. The number of benzene rings is 2. The summed E-state index contributed by atoms with van der Waals surface area (Å²) in [6.45, 7) is 1.13. The Kier molecular flexibility index (Phi) is 5.91. The van der Waals surface area contributed by atoms with Gasteiger partial charge in [0.2, 0.25) is 0 Å². The number of halogens is 1. The second-order valence-corrected chi connectivity index (χ2v) is 4.67. The van der Waals surface area contributed by atoms with Gasteiger partial charge in [-0.05, 0) is 17.7 Å². The van der Waals surface area contributed by atoms with Gasteiger partial charge in [0, 0.05) is 6.42 Å². The van der Waals surface area contributed by atoms with Crippen LogP contribution in [0.15, 0.2) is 42.5 Å². The van der Waals surface area contributed by atoms with Crippen LogP contribution in [0.2, 0.25) is 0 Å². The van der Waals surface area contributed by atoms with Crippen LogP contribution in [-0.4, -0.2) is 24.6 Å². The van der Waals surface area contributed by atoms with Crippen LogP contribution < -0.4 is 4.74 Å². The molecule has 0 amide bonds. The first-order chi connectivity index (χ1) is 10.7. The minimum atomic E-state index is -0.701. The van der Waals surface area contributed by atoms with Crippen molar-refractivity contribution in [3.63, 3.8) is 0 Å². The van der Waals surface area contributed by atoms with E-state index in [2.05, 4.69) is 0 Å². The van der Waals surface area contributed by atoms with E-state index in [1.165, 1.54) is 6.07 Å². The van der Waals surface area contributed by atoms with Gasteiger partial charge in [-0.25, -0.2) is 4.39 Å². The first kappa shape index (κ1) is 16.0. The molecule has 0 aliphatic heterocycles. The van der Waals surface area contributed by atoms with Gasteiger partial charge < -0.3 is 14.6 Å². The summed E-state index contributed by atoms with van der Waals surface area (Å²) in [6, 6.07) is 12.0. The van der Waals surface area contributed by atoms with Crippen molar-refractivity contribution in [2.45, 2.75) is 13.0 Å². The van der Waals surface area contributed by atoms with E-state index in [4.69, 9.17) is 9.47 Å². The van der Waals surface area contributed by atoms with Gasteiger partial charge in [0.25, 0.3) is 0 Å². The summed E-state index contributed by atoms with van der Waals surface area (Å²) in [5.74, 6) is -1.47. The van der Waals surface area contributed by atoms with Gasteiger partial charge in [-0.15, -0.1) is 0 Å². The van der Waals surface area contributed by atoms with Crippen molar-refractivity contribution in [1.29, 1.82) is 0 Å². The van der Waals surface area contributed by atoms with Crippen molar-refractivity contribution in [1.82, 2.24) is 0 Å². The number of hydrogen-bond acceptors (Lipinski definition) is 4. The quantitative estimate of drug-likeness (QED) is 0.600. The standard InChI is InChI=1S/C17H17FO4/c18-15-8-7-14(11-19)16(20)17(15)22-10-4-9-21-12-13-5-2-1-3-6-13/h1-3,5-8,11,20H,4,9-10,12H2. The van der Waals surface area contributed by atoms with Crippen molar-refractivity contribution in [2.75, 3.05) is 13.2 Å². The van der Waals surface area contributed by atoms with Crippen LogP contribution in [0, 0.1) is 5.82 Å². The third-order valence-corrected chi connectivity index (χ3v) is 3.03. The lowest BCUT2D eigenvalue weighted by atomic mass is 10.2. The second-order valence-electron chi connectivity index (χ2n) is 4.67. The highest BCUT2D eigenvalue weighted by atomic mass is 19.1. The van der Waals surface area contributed by atoms with Crippen LogP contribution in [0.5, 0.6) is 11.5 Å². The topological polar surface area (TPSA) is 55.8 Å². The zero-order chi connectivity index (χ0) is 15.8. The number of aromatic hydroxyl groups is 1. The van der Waals surface area contributed by atoms with E-state index in [1.807, 2.05) is 30.3 Å². The predicted octanol–water partition coefficient (Wildman–Crippen LogP) is 3.33. The molecule has 0 bridgehead atoms. The monoisotopic (exact) mass is 304 g/mol. The Hall–Kier alpha value is -2.40. The van der Waals surface area contributed by atoms with E-state index >= 15 is 0 Å². The summed E-state index contributed by atoms with van der Waals surface area (Å²) in [7, 11) is 0. The molecule has 2 aromatic carbocycles. The summed E-state index contributed by atoms with van der Waals surface area (Å²) in [5.41, 5.74) is 1.07. The molecule has 2 rings (SSSR count). The molecule has 0 radical (unpaired) electrons. The van der Waals surface area contributed by atoms with Gasteiger partial charge in [0.1, 0.15) is 0 Å². The van der Waals surface area contributed by atoms with Gasteiger partial charge in [0.15, 0.2) is 23.6 Å². The fraction of sp³-hybridized carbons (Fsp3) is 0.235. The molecule has 0 fully saturated rings.